The monoisotopic (exact) mass is 276 g/mol. The van der Waals surface area contributed by atoms with E-state index in [9.17, 15) is 4.79 Å². The van der Waals surface area contributed by atoms with Crippen molar-refractivity contribution in [3.63, 3.8) is 0 Å². The number of hydrogen-bond donors (Lipinski definition) is 2. The second-order valence-electron chi connectivity index (χ2n) is 4.08. The number of aryl methyl sites for hydroxylation is 1. The Labute approximate surface area is 112 Å². The Morgan fingerprint density at radius 2 is 2.26 bits per heavy atom. The number of H-pyrrole nitrogens is 1. The lowest BCUT2D eigenvalue weighted by Gasteiger charge is -2.02. The van der Waals surface area contributed by atoms with Crippen molar-refractivity contribution in [2.24, 2.45) is 7.05 Å². The summed E-state index contributed by atoms with van der Waals surface area (Å²) in [6, 6.07) is 7.05. The van der Waals surface area contributed by atoms with Crippen molar-refractivity contribution in [3.05, 3.63) is 35.1 Å². The first-order valence-corrected chi connectivity index (χ1v) is 5.86. The van der Waals surface area contributed by atoms with Gasteiger partial charge in [0.1, 0.15) is 10.7 Å². The lowest BCUT2D eigenvalue weighted by molar-refractivity contribution is 0.0689. The highest BCUT2D eigenvalue weighted by molar-refractivity contribution is 6.34. The SMILES string of the molecule is Cn1nc(C(=O)O)cc1-c1cccc2c(Cl)[nH]nc12. The maximum Gasteiger partial charge on any atom is 0.356 e. The number of aromatic nitrogens is 4. The summed E-state index contributed by atoms with van der Waals surface area (Å²) in [5.41, 5.74) is 2.14. The van der Waals surface area contributed by atoms with Gasteiger partial charge in [0.15, 0.2) is 5.69 Å². The van der Waals surface area contributed by atoms with E-state index in [0.717, 1.165) is 10.9 Å². The van der Waals surface area contributed by atoms with Crippen LogP contribution in [-0.2, 0) is 7.05 Å². The maximum absolute atomic E-state index is 10.9. The third kappa shape index (κ3) is 1.77. The number of rotatable bonds is 2. The zero-order chi connectivity index (χ0) is 13.6. The molecule has 0 aliphatic heterocycles. The van der Waals surface area contributed by atoms with Crippen LogP contribution in [0.3, 0.4) is 0 Å². The van der Waals surface area contributed by atoms with E-state index in [2.05, 4.69) is 15.3 Å². The van der Waals surface area contributed by atoms with Crippen molar-refractivity contribution < 1.29 is 9.90 Å². The van der Waals surface area contributed by atoms with Gasteiger partial charge in [-0.3, -0.25) is 9.78 Å². The van der Waals surface area contributed by atoms with Gasteiger partial charge >= 0.3 is 5.97 Å². The molecule has 7 heteroatoms. The van der Waals surface area contributed by atoms with Gasteiger partial charge in [-0.25, -0.2) is 4.79 Å². The molecule has 2 aromatic heterocycles. The van der Waals surface area contributed by atoms with Crippen LogP contribution >= 0.6 is 11.6 Å². The number of halogens is 1. The fourth-order valence-electron chi connectivity index (χ4n) is 2.04. The van der Waals surface area contributed by atoms with Gasteiger partial charge < -0.3 is 5.11 Å². The van der Waals surface area contributed by atoms with Crippen LogP contribution in [0.25, 0.3) is 22.2 Å². The van der Waals surface area contributed by atoms with Crippen molar-refractivity contribution in [2.75, 3.05) is 0 Å². The quantitative estimate of drug-likeness (QED) is 0.752. The zero-order valence-electron chi connectivity index (χ0n) is 9.88. The highest BCUT2D eigenvalue weighted by atomic mass is 35.5. The number of nitrogens with zero attached hydrogens (tertiary/aromatic N) is 3. The molecule has 0 radical (unpaired) electrons. The first-order valence-electron chi connectivity index (χ1n) is 5.48. The summed E-state index contributed by atoms with van der Waals surface area (Å²) in [5, 5.41) is 21.0. The molecule has 0 amide bonds. The summed E-state index contributed by atoms with van der Waals surface area (Å²) in [6.45, 7) is 0. The second-order valence-corrected chi connectivity index (χ2v) is 4.46. The number of aromatic amines is 1. The molecule has 0 bridgehead atoms. The Kier molecular flexibility index (Phi) is 2.53. The first-order chi connectivity index (χ1) is 9.08. The summed E-state index contributed by atoms with van der Waals surface area (Å²) < 4.78 is 1.51. The molecule has 3 aromatic rings. The van der Waals surface area contributed by atoms with Gasteiger partial charge in [-0.15, -0.1) is 0 Å². The number of benzene rings is 1. The summed E-state index contributed by atoms with van der Waals surface area (Å²) >= 11 is 5.99. The first kappa shape index (κ1) is 11.7. The average Bonchev–Trinajstić information content (AvgIpc) is 2.94. The topological polar surface area (TPSA) is 83.8 Å². The highest BCUT2D eigenvalue weighted by Crippen LogP contribution is 2.30. The van der Waals surface area contributed by atoms with Crippen molar-refractivity contribution >= 4 is 28.5 Å². The Morgan fingerprint density at radius 3 is 2.95 bits per heavy atom. The highest BCUT2D eigenvalue weighted by Gasteiger charge is 2.16. The molecule has 19 heavy (non-hydrogen) atoms. The van der Waals surface area contributed by atoms with E-state index >= 15 is 0 Å². The molecule has 96 valence electrons. The molecule has 0 fully saturated rings. The smallest absolute Gasteiger partial charge is 0.356 e. The maximum atomic E-state index is 10.9. The molecule has 0 spiro atoms. The van der Waals surface area contributed by atoms with Crippen molar-refractivity contribution in [1.29, 1.82) is 0 Å². The molecule has 0 atom stereocenters. The molecule has 0 unspecified atom stereocenters. The number of carbonyl (C=O) groups is 1. The molecular formula is C12H9ClN4O2. The summed E-state index contributed by atoms with van der Waals surface area (Å²) in [7, 11) is 1.69. The number of para-hydroxylation sites is 1. The number of carboxylic acids is 1. The van der Waals surface area contributed by atoms with E-state index in [1.165, 1.54) is 10.7 Å². The van der Waals surface area contributed by atoms with Gasteiger partial charge in [-0.2, -0.15) is 10.2 Å². The van der Waals surface area contributed by atoms with E-state index in [0.29, 0.717) is 16.4 Å². The molecule has 0 aliphatic rings. The molecule has 6 nitrogen and oxygen atoms in total. The van der Waals surface area contributed by atoms with E-state index < -0.39 is 5.97 Å². The Morgan fingerprint density at radius 1 is 1.47 bits per heavy atom. The number of fused-ring (bicyclic) bond motifs is 1. The summed E-state index contributed by atoms with van der Waals surface area (Å²) in [6.07, 6.45) is 0. The summed E-state index contributed by atoms with van der Waals surface area (Å²) in [5.74, 6) is -1.06. The van der Waals surface area contributed by atoms with Crippen molar-refractivity contribution in [1.82, 2.24) is 20.0 Å². The van der Waals surface area contributed by atoms with Crippen LogP contribution in [0.4, 0.5) is 0 Å². The molecule has 0 saturated heterocycles. The van der Waals surface area contributed by atoms with Gasteiger partial charge in [-0.05, 0) is 12.1 Å². The largest absolute Gasteiger partial charge is 0.476 e. The Bertz CT molecular complexity index is 790. The predicted octanol–water partition coefficient (Wildman–Crippen LogP) is 2.31. The normalized spacial score (nSPS) is 11.1. The fraction of sp³-hybridized carbons (Fsp3) is 0.0833. The number of nitrogens with one attached hydrogen (secondary N) is 1. The average molecular weight is 277 g/mol. The minimum atomic E-state index is -1.06. The van der Waals surface area contributed by atoms with Crippen LogP contribution in [0.2, 0.25) is 5.15 Å². The van der Waals surface area contributed by atoms with Crippen LogP contribution in [0.5, 0.6) is 0 Å². The molecule has 1 aromatic carbocycles. The van der Waals surface area contributed by atoms with Crippen molar-refractivity contribution in [3.8, 4) is 11.3 Å². The van der Waals surface area contributed by atoms with E-state index in [1.54, 1.807) is 7.05 Å². The number of hydrogen-bond acceptors (Lipinski definition) is 3. The summed E-state index contributed by atoms with van der Waals surface area (Å²) in [4.78, 5) is 10.9. The van der Waals surface area contributed by atoms with Crippen LogP contribution in [0, 0.1) is 0 Å². The molecule has 2 heterocycles. The van der Waals surface area contributed by atoms with Crippen LogP contribution < -0.4 is 0 Å². The Balaban J connectivity index is 2.27. The number of carboxylic acid groups (broad SMARTS) is 1. The number of aromatic carboxylic acids is 1. The molecular weight excluding hydrogens is 268 g/mol. The fourth-order valence-corrected chi connectivity index (χ4v) is 2.23. The van der Waals surface area contributed by atoms with Crippen LogP contribution in [0.15, 0.2) is 24.3 Å². The predicted molar refractivity (Wildman–Crippen MR) is 70.3 cm³/mol. The van der Waals surface area contributed by atoms with E-state index in [1.807, 2.05) is 18.2 Å². The third-order valence-electron chi connectivity index (χ3n) is 2.91. The minimum absolute atomic E-state index is 0.00358. The lowest BCUT2D eigenvalue weighted by Crippen LogP contribution is -1.99. The minimum Gasteiger partial charge on any atom is -0.476 e. The van der Waals surface area contributed by atoms with Gasteiger partial charge in [-0.1, -0.05) is 23.7 Å². The van der Waals surface area contributed by atoms with Crippen molar-refractivity contribution in [2.45, 2.75) is 0 Å². The molecule has 0 aliphatic carbocycles. The van der Waals surface area contributed by atoms with Crippen LogP contribution in [0.1, 0.15) is 10.5 Å². The van der Waals surface area contributed by atoms with Gasteiger partial charge in [0, 0.05) is 18.0 Å². The third-order valence-corrected chi connectivity index (χ3v) is 3.20. The standard InChI is InChI=1S/C12H9ClN4O2/c1-17-9(5-8(16-17)12(18)19)6-3-2-4-7-10(6)14-15-11(7)13/h2-5H,1H3,(H,14,15)(H,18,19). The van der Waals surface area contributed by atoms with Gasteiger partial charge in [0.25, 0.3) is 0 Å². The van der Waals surface area contributed by atoms with E-state index in [-0.39, 0.29) is 5.69 Å². The van der Waals surface area contributed by atoms with E-state index in [4.69, 9.17) is 16.7 Å². The van der Waals surface area contributed by atoms with Crippen LogP contribution in [-0.4, -0.2) is 31.1 Å². The lowest BCUT2D eigenvalue weighted by atomic mass is 10.1. The molecule has 3 rings (SSSR count). The van der Waals surface area contributed by atoms with Gasteiger partial charge in [0.05, 0.1) is 5.69 Å². The zero-order valence-corrected chi connectivity index (χ0v) is 10.6. The molecule has 0 saturated carbocycles. The molecule has 2 N–H and O–H groups in total. The van der Waals surface area contributed by atoms with Gasteiger partial charge in [0.2, 0.25) is 0 Å². The Hall–Kier alpha value is -2.34. The second kappa shape index (κ2) is 4.10.